The standard InChI is InChI=1S/C19H26N2O2/c1-12-13(2)21-17-7-6-15(10-16(17)11-18(12)22)19(23)20-9-8-14-4-3-5-14/h6-7,10,12-14,21H,3-5,8-9,11H2,1-2H3,(H,20,23)/t12-,13+/m0/s1. The fourth-order valence-electron chi connectivity index (χ4n) is 3.29. The first-order valence-corrected chi connectivity index (χ1v) is 8.75. The molecule has 4 nitrogen and oxygen atoms in total. The lowest BCUT2D eigenvalue weighted by Crippen LogP contribution is -2.27. The summed E-state index contributed by atoms with van der Waals surface area (Å²) < 4.78 is 0. The van der Waals surface area contributed by atoms with Gasteiger partial charge in [0.05, 0.1) is 0 Å². The number of carbonyl (C=O) groups is 2. The average Bonchev–Trinajstić information content (AvgIpc) is 2.59. The van der Waals surface area contributed by atoms with Crippen molar-refractivity contribution in [3.05, 3.63) is 29.3 Å². The lowest BCUT2D eigenvalue weighted by atomic mass is 9.83. The minimum absolute atomic E-state index is 0.0119. The van der Waals surface area contributed by atoms with Crippen LogP contribution in [-0.2, 0) is 11.2 Å². The molecule has 1 aromatic rings. The number of amides is 1. The molecule has 1 saturated carbocycles. The van der Waals surface area contributed by atoms with E-state index < -0.39 is 0 Å². The van der Waals surface area contributed by atoms with Crippen molar-refractivity contribution < 1.29 is 9.59 Å². The normalized spacial score (nSPS) is 24.2. The molecule has 4 heteroatoms. The Morgan fingerprint density at radius 2 is 2.09 bits per heavy atom. The molecule has 0 aromatic heterocycles. The van der Waals surface area contributed by atoms with Gasteiger partial charge in [0, 0.05) is 36.2 Å². The van der Waals surface area contributed by atoms with Crippen molar-refractivity contribution in [1.29, 1.82) is 0 Å². The largest absolute Gasteiger partial charge is 0.382 e. The van der Waals surface area contributed by atoms with Gasteiger partial charge in [0.15, 0.2) is 0 Å². The summed E-state index contributed by atoms with van der Waals surface area (Å²) in [5, 5.41) is 6.39. The molecule has 1 amide bonds. The van der Waals surface area contributed by atoms with Gasteiger partial charge in [-0.1, -0.05) is 26.2 Å². The summed E-state index contributed by atoms with van der Waals surface area (Å²) in [6.07, 6.45) is 5.42. The Labute approximate surface area is 138 Å². The number of benzene rings is 1. The molecule has 1 aliphatic heterocycles. The van der Waals surface area contributed by atoms with Crippen LogP contribution in [0.3, 0.4) is 0 Å². The van der Waals surface area contributed by atoms with Crippen LogP contribution in [0.15, 0.2) is 18.2 Å². The number of carbonyl (C=O) groups excluding carboxylic acids is 2. The molecule has 0 bridgehead atoms. The summed E-state index contributed by atoms with van der Waals surface area (Å²) in [6, 6.07) is 5.75. The Hall–Kier alpha value is -1.84. The smallest absolute Gasteiger partial charge is 0.251 e. The molecule has 2 aliphatic rings. The van der Waals surface area contributed by atoms with E-state index in [1.807, 2.05) is 32.0 Å². The summed E-state index contributed by atoms with van der Waals surface area (Å²) in [6.45, 7) is 4.73. The predicted octanol–water partition coefficient (Wildman–Crippen LogP) is 3.17. The van der Waals surface area contributed by atoms with Crippen LogP contribution in [0.4, 0.5) is 5.69 Å². The molecular weight excluding hydrogens is 288 g/mol. The number of fused-ring (bicyclic) bond motifs is 1. The number of hydrogen-bond acceptors (Lipinski definition) is 3. The third kappa shape index (κ3) is 3.57. The molecule has 0 spiro atoms. The molecule has 124 valence electrons. The van der Waals surface area contributed by atoms with Crippen LogP contribution in [0.25, 0.3) is 0 Å². The zero-order valence-electron chi connectivity index (χ0n) is 14.0. The minimum atomic E-state index is -0.0371. The summed E-state index contributed by atoms with van der Waals surface area (Å²) in [7, 11) is 0. The molecule has 2 atom stereocenters. The number of rotatable bonds is 4. The zero-order chi connectivity index (χ0) is 16.4. The van der Waals surface area contributed by atoms with Crippen LogP contribution < -0.4 is 10.6 Å². The van der Waals surface area contributed by atoms with E-state index in [2.05, 4.69) is 10.6 Å². The third-order valence-corrected chi connectivity index (χ3v) is 5.44. The number of Topliss-reactive ketones (excluding diaryl/α,β-unsaturated/α-hetero) is 1. The van der Waals surface area contributed by atoms with Crippen LogP contribution in [0, 0.1) is 11.8 Å². The van der Waals surface area contributed by atoms with E-state index in [0.29, 0.717) is 12.0 Å². The molecule has 0 radical (unpaired) electrons. The van der Waals surface area contributed by atoms with E-state index in [1.165, 1.54) is 19.3 Å². The second kappa shape index (κ2) is 6.73. The van der Waals surface area contributed by atoms with Crippen molar-refractivity contribution in [2.45, 2.75) is 52.0 Å². The number of ketones is 1. The Kier molecular flexibility index (Phi) is 4.69. The molecule has 1 fully saturated rings. The van der Waals surface area contributed by atoms with Crippen molar-refractivity contribution in [2.24, 2.45) is 11.8 Å². The lowest BCUT2D eigenvalue weighted by molar-refractivity contribution is -0.121. The van der Waals surface area contributed by atoms with E-state index >= 15 is 0 Å². The van der Waals surface area contributed by atoms with Crippen LogP contribution in [-0.4, -0.2) is 24.3 Å². The number of hydrogen-bond donors (Lipinski definition) is 2. The number of nitrogens with one attached hydrogen (secondary N) is 2. The summed E-state index contributed by atoms with van der Waals surface area (Å²) in [4.78, 5) is 24.5. The highest BCUT2D eigenvalue weighted by atomic mass is 16.1. The maximum Gasteiger partial charge on any atom is 0.251 e. The van der Waals surface area contributed by atoms with E-state index in [1.54, 1.807) is 0 Å². The van der Waals surface area contributed by atoms with Gasteiger partial charge in [0.1, 0.15) is 5.78 Å². The monoisotopic (exact) mass is 314 g/mol. The summed E-state index contributed by atoms with van der Waals surface area (Å²) >= 11 is 0. The maximum atomic E-state index is 12.3. The van der Waals surface area contributed by atoms with Crippen LogP contribution in [0.5, 0.6) is 0 Å². The van der Waals surface area contributed by atoms with Crippen molar-refractivity contribution in [1.82, 2.24) is 5.32 Å². The fraction of sp³-hybridized carbons (Fsp3) is 0.579. The van der Waals surface area contributed by atoms with Gasteiger partial charge in [-0.3, -0.25) is 9.59 Å². The first-order chi connectivity index (χ1) is 11.0. The van der Waals surface area contributed by atoms with Crippen LogP contribution in [0.1, 0.15) is 55.5 Å². The van der Waals surface area contributed by atoms with Crippen molar-refractivity contribution in [3.8, 4) is 0 Å². The van der Waals surface area contributed by atoms with Crippen molar-refractivity contribution in [2.75, 3.05) is 11.9 Å². The average molecular weight is 314 g/mol. The second-order valence-corrected chi connectivity index (χ2v) is 7.08. The van der Waals surface area contributed by atoms with Gasteiger partial charge in [-0.2, -0.15) is 0 Å². The fourth-order valence-corrected chi connectivity index (χ4v) is 3.29. The lowest BCUT2D eigenvalue weighted by Gasteiger charge is -2.25. The molecule has 1 heterocycles. The minimum Gasteiger partial charge on any atom is -0.382 e. The summed E-state index contributed by atoms with van der Waals surface area (Å²) in [5.74, 6) is 0.977. The molecule has 0 unspecified atom stereocenters. The molecule has 1 aliphatic carbocycles. The predicted molar refractivity (Wildman–Crippen MR) is 91.7 cm³/mol. The molecule has 2 N–H and O–H groups in total. The van der Waals surface area contributed by atoms with E-state index in [4.69, 9.17) is 0 Å². The van der Waals surface area contributed by atoms with E-state index in [0.717, 1.165) is 30.1 Å². The SMILES string of the molecule is C[C@@H]1C(=O)Cc2cc(C(=O)NCCC3CCC3)ccc2N[C@@H]1C. The molecule has 0 saturated heterocycles. The highest BCUT2D eigenvalue weighted by molar-refractivity contribution is 5.96. The van der Waals surface area contributed by atoms with Gasteiger partial charge >= 0.3 is 0 Å². The Morgan fingerprint density at radius 3 is 2.78 bits per heavy atom. The van der Waals surface area contributed by atoms with E-state index in [9.17, 15) is 9.59 Å². The van der Waals surface area contributed by atoms with Gasteiger partial charge in [0.25, 0.3) is 5.91 Å². The Morgan fingerprint density at radius 1 is 1.30 bits per heavy atom. The molecule has 1 aromatic carbocycles. The molecule has 23 heavy (non-hydrogen) atoms. The maximum absolute atomic E-state index is 12.3. The number of anilines is 1. The van der Waals surface area contributed by atoms with Crippen molar-refractivity contribution in [3.63, 3.8) is 0 Å². The van der Waals surface area contributed by atoms with Crippen LogP contribution in [0.2, 0.25) is 0 Å². The Balaban J connectivity index is 1.66. The third-order valence-electron chi connectivity index (χ3n) is 5.44. The van der Waals surface area contributed by atoms with Gasteiger partial charge in [-0.15, -0.1) is 0 Å². The van der Waals surface area contributed by atoms with Gasteiger partial charge in [0.2, 0.25) is 0 Å². The topological polar surface area (TPSA) is 58.2 Å². The second-order valence-electron chi connectivity index (χ2n) is 7.08. The van der Waals surface area contributed by atoms with Gasteiger partial charge in [-0.25, -0.2) is 0 Å². The quantitative estimate of drug-likeness (QED) is 0.897. The highest BCUT2D eigenvalue weighted by Gasteiger charge is 2.26. The summed E-state index contributed by atoms with van der Waals surface area (Å²) in [5.41, 5.74) is 2.55. The van der Waals surface area contributed by atoms with Gasteiger partial charge < -0.3 is 10.6 Å². The highest BCUT2D eigenvalue weighted by Crippen LogP contribution is 2.29. The van der Waals surface area contributed by atoms with E-state index in [-0.39, 0.29) is 23.7 Å². The van der Waals surface area contributed by atoms with Crippen molar-refractivity contribution >= 4 is 17.4 Å². The first kappa shape index (κ1) is 16.0. The van der Waals surface area contributed by atoms with Gasteiger partial charge in [-0.05, 0) is 43.0 Å². The molecule has 3 rings (SSSR count). The Bertz CT molecular complexity index is 607. The van der Waals surface area contributed by atoms with Crippen LogP contribution >= 0.6 is 0 Å². The zero-order valence-corrected chi connectivity index (χ0v) is 14.0. The first-order valence-electron chi connectivity index (χ1n) is 8.75. The molecular formula is C19H26N2O2.